The maximum atomic E-state index is 13.7. The molecule has 1 aliphatic rings. The van der Waals surface area contributed by atoms with E-state index >= 15 is 0 Å². The number of fused-ring (bicyclic) bond motifs is 1. The lowest BCUT2D eigenvalue weighted by Crippen LogP contribution is -2.44. The number of para-hydroxylation sites is 1. The fraction of sp³-hybridized carbons (Fsp3) is 0.240. The molecule has 0 amide bonds. The van der Waals surface area contributed by atoms with Gasteiger partial charge in [-0.05, 0) is 41.8 Å². The van der Waals surface area contributed by atoms with Gasteiger partial charge in [-0.15, -0.1) is 0 Å². The Morgan fingerprint density at radius 2 is 1.77 bits per heavy atom. The Balaban J connectivity index is 1.69. The molecular weight excluding hydrogens is 411 g/mol. The Morgan fingerprint density at radius 1 is 1.00 bits per heavy atom. The highest BCUT2D eigenvalue weighted by molar-refractivity contribution is 6.30. The lowest BCUT2D eigenvalue weighted by Gasteiger charge is -2.29. The molecule has 0 spiro atoms. The third-order valence-corrected chi connectivity index (χ3v) is 6.21. The summed E-state index contributed by atoms with van der Waals surface area (Å²) in [5.41, 5.74) is 6.53. The smallest absolute Gasteiger partial charge is 0.206 e. The molecule has 6 heteroatoms. The van der Waals surface area contributed by atoms with Crippen molar-refractivity contribution < 1.29 is 4.39 Å². The molecule has 31 heavy (non-hydrogen) atoms. The van der Waals surface area contributed by atoms with Crippen molar-refractivity contribution in [2.45, 2.75) is 13.5 Å². The number of rotatable bonds is 4. The van der Waals surface area contributed by atoms with Gasteiger partial charge in [-0.2, -0.15) is 0 Å². The lowest BCUT2D eigenvalue weighted by atomic mass is 9.99. The van der Waals surface area contributed by atoms with Gasteiger partial charge in [-0.3, -0.25) is 0 Å². The molecule has 1 aromatic heterocycles. The van der Waals surface area contributed by atoms with Gasteiger partial charge in [0.15, 0.2) is 0 Å². The van der Waals surface area contributed by atoms with Crippen LogP contribution in [0.2, 0.25) is 5.02 Å². The van der Waals surface area contributed by atoms with Crippen LogP contribution in [0, 0.1) is 12.7 Å². The number of piperazine rings is 1. The van der Waals surface area contributed by atoms with Crippen LogP contribution in [0.3, 0.4) is 0 Å². The number of nitrogens with zero attached hydrogens (tertiary/aromatic N) is 3. The molecule has 0 saturated carbocycles. The Labute approximate surface area is 186 Å². The fourth-order valence-electron chi connectivity index (χ4n) is 4.31. The number of benzene rings is 3. The molecular formula is C25H24ClFN4. The average molecular weight is 435 g/mol. The molecule has 0 bridgehead atoms. The zero-order valence-electron chi connectivity index (χ0n) is 17.4. The van der Waals surface area contributed by atoms with Crippen LogP contribution in [0.4, 0.5) is 10.3 Å². The van der Waals surface area contributed by atoms with E-state index in [4.69, 9.17) is 16.6 Å². The van der Waals surface area contributed by atoms with E-state index in [9.17, 15) is 4.39 Å². The van der Waals surface area contributed by atoms with E-state index in [0.29, 0.717) is 6.54 Å². The van der Waals surface area contributed by atoms with E-state index < -0.39 is 5.82 Å². The number of anilines is 1. The number of imidazole rings is 1. The zero-order valence-corrected chi connectivity index (χ0v) is 18.2. The number of aryl methyl sites for hydroxylation is 1. The van der Waals surface area contributed by atoms with Crippen molar-refractivity contribution in [3.05, 3.63) is 82.6 Å². The second-order valence-corrected chi connectivity index (χ2v) is 8.38. The fourth-order valence-corrected chi connectivity index (χ4v) is 4.51. The summed E-state index contributed by atoms with van der Waals surface area (Å²) in [4.78, 5) is 7.47. The van der Waals surface area contributed by atoms with Crippen LogP contribution in [-0.2, 0) is 6.54 Å². The third-order valence-electron chi connectivity index (χ3n) is 5.92. The van der Waals surface area contributed by atoms with E-state index in [2.05, 4.69) is 64.2 Å². The Bertz CT molecular complexity index is 1240. The summed E-state index contributed by atoms with van der Waals surface area (Å²) in [5.74, 6) is 0.544. The van der Waals surface area contributed by atoms with Gasteiger partial charge < -0.3 is 14.8 Å². The maximum Gasteiger partial charge on any atom is 0.206 e. The van der Waals surface area contributed by atoms with Crippen LogP contribution in [0.25, 0.3) is 22.2 Å². The topological polar surface area (TPSA) is 33.1 Å². The lowest BCUT2D eigenvalue weighted by molar-refractivity contribution is 0.571. The van der Waals surface area contributed by atoms with Crippen LogP contribution in [-0.4, -0.2) is 35.7 Å². The van der Waals surface area contributed by atoms with Crippen molar-refractivity contribution in [2.24, 2.45) is 0 Å². The third kappa shape index (κ3) is 3.80. The van der Waals surface area contributed by atoms with Crippen molar-refractivity contribution in [3.8, 4) is 11.1 Å². The highest BCUT2D eigenvalue weighted by Gasteiger charge is 2.21. The zero-order chi connectivity index (χ0) is 21.4. The van der Waals surface area contributed by atoms with Crippen molar-refractivity contribution in [1.29, 1.82) is 0 Å². The molecule has 4 nitrogen and oxygen atoms in total. The van der Waals surface area contributed by atoms with Gasteiger partial charge in [0.25, 0.3) is 0 Å². The summed E-state index contributed by atoms with van der Waals surface area (Å²) in [6, 6.07) is 19.7. The molecule has 0 aliphatic carbocycles. The second kappa shape index (κ2) is 8.33. The van der Waals surface area contributed by atoms with Gasteiger partial charge in [-0.1, -0.05) is 54.1 Å². The normalized spacial score (nSPS) is 14.4. The predicted octanol–water partition coefficient (Wildman–Crippen LogP) is 5.26. The molecule has 3 aromatic carbocycles. The summed E-state index contributed by atoms with van der Waals surface area (Å²) in [6.45, 7) is 6.35. The average Bonchev–Trinajstić information content (AvgIpc) is 3.16. The minimum Gasteiger partial charge on any atom is -0.340 e. The van der Waals surface area contributed by atoms with Crippen LogP contribution in [0.15, 0.2) is 60.7 Å². The number of halogens is 2. The van der Waals surface area contributed by atoms with Crippen molar-refractivity contribution in [1.82, 2.24) is 14.9 Å². The summed E-state index contributed by atoms with van der Waals surface area (Å²) in [6.07, 6.45) is 0. The highest BCUT2D eigenvalue weighted by Crippen LogP contribution is 2.34. The second-order valence-electron chi connectivity index (χ2n) is 7.97. The molecule has 0 atom stereocenters. The summed E-state index contributed by atoms with van der Waals surface area (Å²) >= 11 is 6.06. The molecule has 4 aromatic rings. The summed E-state index contributed by atoms with van der Waals surface area (Å²) < 4.78 is 15.9. The molecule has 2 heterocycles. The van der Waals surface area contributed by atoms with Crippen molar-refractivity contribution in [3.63, 3.8) is 0 Å². The quantitative estimate of drug-likeness (QED) is 0.475. The first kappa shape index (κ1) is 20.0. The largest absolute Gasteiger partial charge is 0.340 e. The molecule has 5 rings (SSSR count). The summed E-state index contributed by atoms with van der Waals surface area (Å²) in [5, 5.41) is 3.55. The molecule has 1 aliphatic heterocycles. The van der Waals surface area contributed by atoms with Crippen molar-refractivity contribution in [2.75, 3.05) is 31.1 Å². The summed E-state index contributed by atoms with van der Waals surface area (Å²) in [7, 11) is 0. The molecule has 1 N–H and O–H groups in total. The maximum absolute atomic E-state index is 13.7. The van der Waals surface area contributed by atoms with Gasteiger partial charge in [-0.25, -0.2) is 9.37 Å². The van der Waals surface area contributed by atoms with E-state index in [1.807, 2.05) is 0 Å². The van der Waals surface area contributed by atoms with Crippen molar-refractivity contribution >= 4 is 28.6 Å². The SMILES string of the molecule is Cc1ccccc1-c1cccc2c1nc(N1CCNCC1)n2Cc1ccc(F)c(Cl)c1. The first-order chi connectivity index (χ1) is 15.1. The first-order valence-electron chi connectivity index (χ1n) is 10.6. The van der Waals surface area contributed by atoms with Crippen LogP contribution >= 0.6 is 11.6 Å². The standard InChI is InChI=1S/C25H24ClFN4/c1-17-5-2-3-6-19(17)20-7-4-8-23-24(20)29-25(30-13-11-28-12-14-30)31(23)16-18-9-10-22(27)21(26)15-18/h2-10,15,28H,11-14,16H2,1H3. The number of nitrogens with one attached hydrogen (secondary N) is 1. The Kier molecular flexibility index (Phi) is 5.38. The molecule has 158 valence electrons. The van der Waals surface area contributed by atoms with E-state index in [-0.39, 0.29) is 5.02 Å². The van der Waals surface area contributed by atoms with E-state index in [0.717, 1.165) is 54.3 Å². The predicted molar refractivity (Wildman–Crippen MR) is 126 cm³/mol. The number of hydrogen-bond donors (Lipinski definition) is 1. The van der Waals surface area contributed by atoms with E-state index in [1.54, 1.807) is 12.1 Å². The molecule has 0 radical (unpaired) electrons. The van der Waals surface area contributed by atoms with Crippen LogP contribution < -0.4 is 10.2 Å². The van der Waals surface area contributed by atoms with Gasteiger partial charge in [0, 0.05) is 31.7 Å². The highest BCUT2D eigenvalue weighted by atomic mass is 35.5. The molecule has 1 saturated heterocycles. The number of aromatic nitrogens is 2. The number of hydrogen-bond acceptors (Lipinski definition) is 3. The molecule has 1 fully saturated rings. The van der Waals surface area contributed by atoms with Gasteiger partial charge in [0.1, 0.15) is 5.82 Å². The van der Waals surface area contributed by atoms with E-state index in [1.165, 1.54) is 17.2 Å². The van der Waals surface area contributed by atoms with Gasteiger partial charge in [0.05, 0.1) is 22.6 Å². The minimum absolute atomic E-state index is 0.145. The first-order valence-corrected chi connectivity index (χ1v) is 10.9. The van der Waals surface area contributed by atoms with Crippen LogP contribution in [0.1, 0.15) is 11.1 Å². The van der Waals surface area contributed by atoms with Gasteiger partial charge in [0.2, 0.25) is 5.95 Å². The minimum atomic E-state index is -0.398. The van der Waals surface area contributed by atoms with Gasteiger partial charge >= 0.3 is 0 Å². The monoisotopic (exact) mass is 434 g/mol. The molecule has 0 unspecified atom stereocenters. The van der Waals surface area contributed by atoms with Crippen LogP contribution in [0.5, 0.6) is 0 Å². The Hall–Kier alpha value is -2.89. The Morgan fingerprint density at radius 3 is 2.55 bits per heavy atom.